The molecule has 5 heteroatoms. The van der Waals surface area contributed by atoms with Gasteiger partial charge in [-0.2, -0.15) is 0 Å². The number of rotatable bonds is 4. The minimum atomic E-state index is 0.0376. The summed E-state index contributed by atoms with van der Waals surface area (Å²) in [6.07, 6.45) is 3.85. The number of methoxy groups -OCH3 is 1. The standard InChI is InChI=1S/C15H21ClN2O2/c1-20-12-6-7-13(16)14(8-12)18-15(19)11-4-2-10(9-17)3-5-11/h6-8,10-11H,2-5,9,17H2,1H3,(H,18,19). The molecule has 1 saturated carbocycles. The highest BCUT2D eigenvalue weighted by molar-refractivity contribution is 6.33. The molecule has 20 heavy (non-hydrogen) atoms. The smallest absolute Gasteiger partial charge is 0.227 e. The van der Waals surface area contributed by atoms with E-state index in [1.54, 1.807) is 25.3 Å². The molecule has 0 heterocycles. The van der Waals surface area contributed by atoms with Gasteiger partial charge in [-0.05, 0) is 50.3 Å². The third kappa shape index (κ3) is 3.64. The van der Waals surface area contributed by atoms with Crippen LogP contribution in [0, 0.1) is 11.8 Å². The van der Waals surface area contributed by atoms with E-state index in [4.69, 9.17) is 22.1 Å². The summed E-state index contributed by atoms with van der Waals surface area (Å²) in [5.74, 6) is 1.34. The lowest BCUT2D eigenvalue weighted by atomic mass is 9.81. The highest BCUT2D eigenvalue weighted by atomic mass is 35.5. The number of nitrogens with two attached hydrogens (primary N) is 1. The van der Waals surface area contributed by atoms with E-state index in [1.807, 2.05) is 0 Å². The first-order valence-corrected chi connectivity index (χ1v) is 7.36. The van der Waals surface area contributed by atoms with E-state index in [9.17, 15) is 4.79 Å². The largest absolute Gasteiger partial charge is 0.497 e. The summed E-state index contributed by atoms with van der Waals surface area (Å²) in [6, 6.07) is 5.23. The fraction of sp³-hybridized carbons (Fsp3) is 0.533. The summed E-state index contributed by atoms with van der Waals surface area (Å²) in [7, 11) is 1.59. The van der Waals surface area contributed by atoms with E-state index in [0.717, 1.165) is 32.2 Å². The van der Waals surface area contributed by atoms with Crippen molar-refractivity contribution in [3.05, 3.63) is 23.2 Å². The molecule has 1 aliphatic carbocycles. The lowest BCUT2D eigenvalue weighted by Gasteiger charge is -2.26. The molecule has 2 rings (SSSR count). The Hall–Kier alpha value is -1.26. The maximum absolute atomic E-state index is 12.3. The summed E-state index contributed by atoms with van der Waals surface area (Å²) in [5, 5.41) is 3.43. The van der Waals surface area contributed by atoms with Gasteiger partial charge in [0.2, 0.25) is 5.91 Å². The Morgan fingerprint density at radius 1 is 1.40 bits per heavy atom. The molecule has 0 unspecified atom stereocenters. The van der Waals surface area contributed by atoms with Crippen molar-refractivity contribution in [3.63, 3.8) is 0 Å². The third-order valence-corrected chi connectivity index (χ3v) is 4.31. The Morgan fingerprint density at radius 2 is 2.10 bits per heavy atom. The zero-order chi connectivity index (χ0) is 14.5. The summed E-state index contributed by atoms with van der Waals surface area (Å²) in [5.41, 5.74) is 6.28. The summed E-state index contributed by atoms with van der Waals surface area (Å²) in [6.45, 7) is 0.718. The number of halogens is 1. The number of ether oxygens (including phenoxy) is 1. The fourth-order valence-corrected chi connectivity index (χ4v) is 2.79. The monoisotopic (exact) mass is 296 g/mol. The molecule has 1 aliphatic rings. The summed E-state index contributed by atoms with van der Waals surface area (Å²) >= 11 is 6.10. The van der Waals surface area contributed by atoms with Crippen LogP contribution < -0.4 is 15.8 Å². The predicted octanol–water partition coefficient (Wildman–Crippen LogP) is 3.05. The van der Waals surface area contributed by atoms with Gasteiger partial charge < -0.3 is 15.8 Å². The highest BCUT2D eigenvalue weighted by Gasteiger charge is 2.26. The van der Waals surface area contributed by atoms with E-state index >= 15 is 0 Å². The number of nitrogens with one attached hydrogen (secondary N) is 1. The molecule has 4 nitrogen and oxygen atoms in total. The Morgan fingerprint density at radius 3 is 2.70 bits per heavy atom. The maximum Gasteiger partial charge on any atom is 0.227 e. The van der Waals surface area contributed by atoms with Crippen LogP contribution in [0.25, 0.3) is 0 Å². The average molecular weight is 297 g/mol. The number of hydrogen-bond donors (Lipinski definition) is 2. The van der Waals surface area contributed by atoms with Gasteiger partial charge in [0.15, 0.2) is 0 Å². The molecular formula is C15H21ClN2O2. The minimum Gasteiger partial charge on any atom is -0.497 e. The van der Waals surface area contributed by atoms with Crippen LogP contribution in [0.5, 0.6) is 5.75 Å². The average Bonchev–Trinajstić information content (AvgIpc) is 2.49. The molecule has 110 valence electrons. The third-order valence-electron chi connectivity index (χ3n) is 3.98. The van der Waals surface area contributed by atoms with Crippen molar-refractivity contribution >= 4 is 23.2 Å². The second-order valence-electron chi connectivity index (χ2n) is 5.29. The quantitative estimate of drug-likeness (QED) is 0.897. The normalized spacial score (nSPS) is 22.4. The van der Waals surface area contributed by atoms with E-state index < -0.39 is 0 Å². The van der Waals surface area contributed by atoms with Crippen LogP contribution >= 0.6 is 11.6 Å². The first kappa shape index (κ1) is 15.1. The van der Waals surface area contributed by atoms with Crippen LogP contribution in [0.4, 0.5) is 5.69 Å². The van der Waals surface area contributed by atoms with Crippen molar-refractivity contribution in [3.8, 4) is 5.75 Å². The molecule has 0 spiro atoms. The first-order chi connectivity index (χ1) is 9.63. The molecule has 1 aromatic rings. The topological polar surface area (TPSA) is 64.3 Å². The molecule has 0 radical (unpaired) electrons. The number of carbonyl (C=O) groups is 1. The SMILES string of the molecule is COc1ccc(Cl)c(NC(=O)C2CCC(CN)CC2)c1. The Kier molecular flexibility index (Phi) is 5.26. The van der Waals surface area contributed by atoms with Gasteiger partial charge in [-0.1, -0.05) is 11.6 Å². The van der Waals surface area contributed by atoms with E-state index in [1.165, 1.54) is 0 Å². The zero-order valence-electron chi connectivity index (χ0n) is 11.7. The van der Waals surface area contributed by atoms with Crippen LogP contribution in [0.2, 0.25) is 5.02 Å². The Balaban J connectivity index is 1.98. The number of amides is 1. The van der Waals surface area contributed by atoms with Crippen LogP contribution in [0.3, 0.4) is 0 Å². The predicted molar refractivity (Wildman–Crippen MR) is 81.1 cm³/mol. The molecule has 0 saturated heterocycles. The van der Waals surface area contributed by atoms with Crippen LogP contribution in [0.15, 0.2) is 18.2 Å². The Labute approximate surface area is 124 Å². The molecule has 0 aromatic heterocycles. The number of benzene rings is 1. The summed E-state index contributed by atoms with van der Waals surface area (Å²) < 4.78 is 5.14. The molecule has 1 aromatic carbocycles. The lowest BCUT2D eigenvalue weighted by molar-refractivity contribution is -0.121. The molecular weight excluding hydrogens is 276 g/mol. The molecule has 1 fully saturated rings. The lowest BCUT2D eigenvalue weighted by Crippen LogP contribution is -2.29. The molecule has 3 N–H and O–H groups in total. The van der Waals surface area contributed by atoms with Gasteiger partial charge in [0.05, 0.1) is 17.8 Å². The molecule has 0 atom stereocenters. The van der Waals surface area contributed by atoms with Crippen molar-refractivity contribution in [2.24, 2.45) is 17.6 Å². The van der Waals surface area contributed by atoms with Crippen molar-refractivity contribution in [1.82, 2.24) is 0 Å². The number of carbonyl (C=O) groups excluding carboxylic acids is 1. The van der Waals surface area contributed by atoms with E-state index in [0.29, 0.717) is 22.4 Å². The fourth-order valence-electron chi connectivity index (χ4n) is 2.62. The van der Waals surface area contributed by atoms with E-state index in [-0.39, 0.29) is 11.8 Å². The van der Waals surface area contributed by atoms with Crippen LogP contribution in [0.1, 0.15) is 25.7 Å². The summed E-state index contributed by atoms with van der Waals surface area (Å²) in [4.78, 5) is 12.3. The van der Waals surface area contributed by atoms with E-state index in [2.05, 4.69) is 5.32 Å². The van der Waals surface area contributed by atoms with Gasteiger partial charge >= 0.3 is 0 Å². The van der Waals surface area contributed by atoms with Crippen molar-refractivity contribution < 1.29 is 9.53 Å². The Bertz CT molecular complexity index is 471. The second-order valence-corrected chi connectivity index (χ2v) is 5.70. The first-order valence-electron chi connectivity index (χ1n) is 6.98. The van der Waals surface area contributed by atoms with Crippen molar-refractivity contribution in [1.29, 1.82) is 0 Å². The van der Waals surface area contributed by atoms with Gasteiger partial charge in [-0.25, -0.2) is 0 Å². The van der Waals surface area contributed by atoms with Gasteiger partial charge in [0.1, 0.15) is 5.75 Å². The van der Waals surface area contributed by atoms with Crippen molar-refractivity contribution in [2.75, 3.05) is 19.0 Å². The number of hydrogen-bond acceptors (Lipinski definition) is 3. The molecule has 0 bridgehead atoms. The van der Waals surface area contributed by atoms with Crippen molar-refractivity contribution in [2.45, 2.75) is 25.7 Å². The van der Waals surface area contributed by atoms with Gasteiger partial charge in [0.25, 0.3) is 0 Å². The van der Waals surface area contributed by atoms with Gasteiger partial charge in [0, 0.05) is 12.0 Å². The second kappa shape index (κ2) is 6.95. The van der Waals surface area contributed by atoms with Crippen LogP contribution in [-0.4, -0.2) is 19.6 Å². The number of anilines is 1. The van der Waals surface area contributed by atoms with Crippen LogP contribution in [-0.2, 0) is 4.79 Å². The maximum atomic E-state index is 12.3. The van der Waals surface area contributed by atoms with Gasteiger partial charge in [-0.3, -0.25) is 4.79 Å². The zero-order valence-corrected chi connectivity index (χ0v) is 12.5. The van der Waals surface area contributed by atoms with Gasteiger partial charge in [-0.15, -0.1) is 0 Å². The highest BCUT2D eigenvalue weighted by Crippen LogP contribution is 2.31. The molecule has 0 aliphatic heterocycles. The molecule has 1 amide bonds. The minimum absolute atomic E-state index is 0.0376.